The molecule has 41 heavy (non-hydrogen) atoms. The molecule has 4 aromatic heterocycles. The van der Waals surface area contributed by atoms with E-state index in [2.05, 4.69) is 35.8 Å². The average Bonchev–Trinajstić information content (AvgIpc) is 3.70. The Bertz CT molecular complexity index is 1880. The van der Waals surface area contributed by atoms with Gasteiger partial charge in [-0.25, -0.2) is 9.18 Å². The highest BCUT2D eigenvalue weighted by Gasteiger charge is 2.53. The molecule has 0 spiro atoms. The van der Waals surface area contributed by atoms with Crippen molar-refractivity contribution in [1.82, 2.24) is 40.5 Å². The molecule has 1 unspecified atom stereocenters. The van der Waals surface area contributed by atoms with E-state index in [0.29, 0.717) is 37.5 Å². The van der Waals surface area contributed by atoms with Crippen molar-refractivity contribution in [2.75, 3.05) is 6.54 Å². The number of fused-ring (bicyclic) bond motifs is 3. The van der Waals surface area contributed by atoms with E-state index in [1.54, 1.807) is 13.0 Å². The van der Waals surface area contributed by atoms with Gasteiger partial charge >= 0.3 is 5.76 Å². The molecule has 12 nitrogen and oxygen atoms in total. The fraction of sp³-hybridized carbons (Fsp3) is 0.286. The van der Waals surface area contributed by atoms with Crippen LogP contribution in [0.2, 0.25) is 0 Å². The number of nitrogens with one attached hydrogen (secondary N) is 3. The lowest BCUT2D eigenvalue weighted by molar-refractivity contribution is 0.287. The van der Waals surface area contributed by atoms with Crippen LogP contribution in [0.4, 0.5) is 4.39 Å². The molecule has 0 saturated heterocycles. The number of para-hydroxylation sites is 1. The molecule has 0 bridgehead atoms. The third-order valence-electron chi connectivity index (χ3n) is 7.47. The van der Waals surface area contributed by atoms with Gasteiger partial charge in [0.1, 0.15) is 5.82 Å². The highest BCUT2D eigenvalue weighted by atomic mass is 19.1. The molecule has 208 valence electrons. The molecular weight excluding hydrogens is 529 g/mol. The van der Waals surface area contributed by atoms with E-state index in [1.165, 1.54) is 16.9 Å². The van der Waals surface area contributed by atoms with Crippen molar-refractivity contribution >= 4 is 16.6 Å². The van der Waals surface area contributed by atoms with Crippen molar-refractivity contribution in [2.45, 2.75) is 44.8 Å². The summed E-state index contributed by atoms with van der Waals surface area (Å²) >= 11 is 0. The van der Waals surface area contributed by atoms with E-state index < -0.39 is 11.3 Å². The fourth-order valence-electron chi connectivity index (χ4n) is 5.59. The third-order valence-corrected chi connectivity index (χ3v) is 7.47. The quantitative estimate of drug-likeness (QED) is 0.287. The Morgan fingerprint density at radius 1 is 1.22 bits per heavy atom. The Labute approximate surface area is 232 Å². The molecule has 2 aliphatic rings. The minimum atomic E-state index is -1.38. The standard InChI is InChI=1S/C28H26FN9O3/c1-3-38-27(39)40-26(36-38)28(25-32-15(2)41-37-25)24-20(19-6-4-5-7-21(19)34-24)11-22(35-28)23-14-30-13-18(33-23)10-17-9-8-16(29)12-31-17/h4-9,12-13,22,30,34-35H,3,10-11,14H2,1-2H3/t22-,28?/m1/s1. The molecule has 6 heterocycles. The lowest BCUT2D eigenvalue weighted by atomic mass is 9.81. The van der Waals surface area contributed by atoms with Gasteiger partial charge in [0.15, 0.2) is 0 Å². The van der Waals surface area contributed by atoms with E-state index in [-0.39, 0.29) is 23.6 Å². The summed E-state index contributed by atoms with van der Waals surface area (Å²) in [7, 11) is 0. The van der Waals surface area contributed by atoms with Gasteiger partial charge in [-0.1, -0.05) is 23.4 Å². The number of rotatable bonds is 6. The summed E-state index contributed by atoms with van der Waals surface area (Å²) in [6.45, 7) is 4.32. The number of benzene rings is 1. The third kappa shape index (κ3) is 4.16. The predicted octanol–water partition coefficient (Wildman–Crippen LogP) is 2.50. The first kappa shape index (κ1) is 25.1. The largest absolute Gasteiger partial charge is 0.437 e. The minimum Gasteiger partial charge on any atom is -0.389 e. The molecule has 0 amide bonds. The maximum Gasteiger partial charge on any atom is 0.437 e. The Kier molecular flexibility index (Phi) is 5.89. The summed E-state index contributed by atoms with van der Waals surface area (Å²) in [4.78, 5) is 30.0. The smallest absolute Gasteiger partial charge is 0.389 e. The van der Waals surface area contributed by atoms with E-state index in [4.69, 9.17) is 13.9 Å². The molecule has 1 aromatic carbocycles. The molecule has 3 N–H and O–H groups in total. The molecule has 0 radical (unpaired) electrons. The van der Waals surface area contributed by atoms with E-state index in [9.17, 15) is 9.18 Å². The van der Waals surface area contributed by atoms with Gasteiger partial charge in [0.05, 0.1) is 35.9 Å². The Hall–Kier alpha value is -4.91. The van der Waals surface area contributed by atoms with Gasteiger partial charge in [0.2, 0.25) is 17.3 Å². The number of pyridine rings is 1. The van der Waals surface area contributed by atoms with E-state index in [0.717, 1.165) is 33.6 Å². The molecule has 0 saturated carbocycles. The second-order valence-electron chi connectivity index (χ2n) is 10.1. The van der Waals surface area contributed by atoms with Crippen LogP contribution in [-0.4, -0.2) is 48.2 Å². The highest BCUT2D eigenvalue weighted by Crippen LogP contribution is 2.42. The van der Waals surface area contributed by atoms with Gasteiger partial charge in [0.25, 0.3) is 5.89 Å². The Balaban J connectivity index is 1.39. The molecular formula is C28H26FN9O3. The van der Waals surface area contributed by atoms with Crippen LogP contribution in [0.3, 0.4) is 0 Å². The molecule has 2 atom stereocenters. The van der Waals surface area contributed by atoms with Gasteiger partial charge in [-0.3, -0.25) is 15.3 Å². The summed E-state index contributed by atoms with van der Waals surface area (Å²) < 4.78 is 25.9. The monoisotopic (exact) mass is 555 g/mol. The average molecular weight is 556 g/mol. The Morgan fingerprint density at radius 3 is 2.85 bits per heavy atom. The fourth-order valence-corrected chi connectivity index (χ4v) is 5.59. The van der Waals surface area contributed by atoms with Gasteiger partial charge in [-0.2, -0.15) is 9.67 Å². The molecule has 0 aliphatic carbocycles. The molecule has 7 rings (SSSR count). The molecule has 5 aromatic rings. The number of aromatic amines is 1. The van der Waals surface area contributed by atoms with Crippen molar-refractivity contribution in [3.8, 4) is 0 Å². The number of aliphatic imine (C=N–C) groups is 1. The first-order valence-corrected chi connectivity index (χ1v) is 13.3. The number of allylic oxidation sites excluding steroid dienone is 1. The van der Waals surface area contributed by atoms with Crippen molar-refractivity contribution in [1.29, 1.82) is 0 Å². The van der Waals surface area contributed by atoms with Crippen molar-refractivity contribution in [3.05, 3.63) is 105 Å². The lowest BCUT2D eigenvalue weighted by Gasteiger charge is -2.38. The maximum atomic E-state index is 13.4. The van der Waals surface area contributed by atoms with Gasteiger partial charge in [-0.15, -0.1) is 5.10 Å². The summed E-state index contributed by atoms with van der Waals surface area (Å²) in [5, 5.41) is 16.9. The molecule has 13 heteroatoms. The maximum absolute atomic E-state index is 13.4. The first-order chi connectivity index (χ1) is 19.9. The topological polar surface area (TPSA) is 152 Å². The molecule has 0 fully saturated rings. The predicted molar refractivity (Wildman–Crippen MR) is 146 cm³/mol. The molecule has 2 aliphatic heterocycles. The summed E-state index contributed by atoms with van der Waals surface area (Å²) in [5.41, 5.74) is 3.52. The van der Waals surface area contributed by atoms with E-state index in [1.807, 2.05) is 37.4 Å². The summed E-state index contributed by atoms with van der Waals surface area (Å²) in [6.07, 6.45) is 4.04. The van der Waals surface area contributed by atoms with Crippen LogP contribution in [0.15, 0.2) is 73.2 Å². The van der Waals surface area contributed by atoms with Gasteiger partial charge in [-0.05, 0) is 37.1 Å². The number of hydrogen-bond acceptors (Lipinski definition) is 10. The normalized spacial score (nSPS) is 20.4. The van der Waals surface area contributed by atoms with Crippen molar-refractivity contribution in [2.24, 2.45) is 4.99 Å². The number of aromatic nitrogens is 6. The number of halogens is 1. The van der Waals surface area contributed by atoms with Crippen LogP contribution in [0.1, 0.15) is 41.5 Å². The second kappa shape index (κ2) is 9.63. The highest BCUT2D eigenvalue weighted by molar-refractivity contribution is 5.95. The van der Waals surface area contributed by atoms with Crippen LogP contribution in [0, 0.1) is 12.7 Å². The number of nitrogens with zero attached hydrogens (tertiary/aromatic N) is 6. The lowest BCUT2D eigenvalue weighted by Crippen LogP contribution is -2.59. The summed E-state index contributed by atoms with van der Waals surface area (Å²) in [5.74, 6) is -0.268. The van der Waals surface area contributed by atoms with Crippen LogP contribution >= 0.6 is 0 Å². The van der Waals surface area contributed by atoms with Crippen LogP contribution < -0.4 is 16.4 Å². The van der Waals surface area contributed by atoms with Crippen LogP contribution in [0.25, 0.3) is 10.9 Å². The van der Waals surface area contributed by atoms with Crippen LogP contribution in [-0.2, 0) is 24.9 Å². The zero-order valence-electron chi connectivity index (χ0n) is 22.3. The minimum absolute atomic E-state index is 0.0957. The summed E-state index contributed by atoms with van der Waals surface area (Å²) in [6, 6.07) is 10.7. The number of aryl methyl sites for hydroxylation is 2. The SMILES string of the molecule is CCn1nc(C2(c3noc(C)n3)N[C@@H](C3=NC(Cc4ccc(F)cn4)=CNC3)Cc3c2[nH]c2ccccc32)oc1=O. The van der Waals surface area contributed by atoms with Crippen molar-refractivity contribution < 1.29 is 13.3 Å². The van der Waals surface area contributed by atoms with E-state index >= 15 is 0 Å². The zero-order chi connectivity index (χ0) is 28.1. The Morgan fingerprint density at radius 2 is 2.10 bits per heavy atom. The number of H-pyrrole nitrogens is 1. The first-order valence-electron chi connectivity index (χ1n) is 13.3. The van der Waals surface area contributed by atoms with Crippen LogP contribution in [0.5, 0.6) is 0 Å². The van der Waals surface area contributed by atoms with Gasteiger partial charge < -0.3 is 19.2 Å². The number of hydrogen-bond donors (Lipinski definition) is 3. The van der Waals surface area contributed by atoms with Gasteiger partial charge in [0, 0.05) is 42.7 Å². The zero-order valence-corrected chi connectivity index (χ0v) is 22.3. The van der Waals surface area contributed by atoms with Crippen molar-refractivity contribution in [3.63, 3.8) is 0 Å². The second-order valence-corrected chi connectivity index (χ2v) is 10.1.